The van der Waals surface area contributed by atoms with Crippen LogP contribution in [0.4, 0.5) is 0 Å². The van der Waals surface area contributed by atoms with Gasteiger partial charge < -0.3 is 11.1 Å². The third kappa shape index (κ3) is 3.42. The molecule has 0 unspecified atom stereocenters. The van der Waals surface area contributed by atoms with E-state index in [1.54, 1.807) is 18.3 Å². The fraction of sp³-hybridized carbons (Fsp3) is 0.286. The van der Waals surface area contributed by atoms with Gasteiger partial charge in [-0.1, -0.05) is 12.1 Å². The van der Waals surface area contributed by atoms with Gasteiger partial charge in [0.1, 0.15) is 0 Å². The lowest BCUT2D eigenvalue weighted by Crippen LogP contribution is -2.26. The first-order valence-corrected chi connectivity index (χ1v) is 6.25. The maximum absolute atomic E-state index is 11.9. The smallest absolute Gasteiger partial charge is 0.251 e. The molecule has 5 nitrogen and oxygen atoms in total. The Morgan fingerprint density at radius 3 is 2.63 bits per heavy atom. The standard InChI is InChI=1S/C14H18N4O/c1-18-13(7-9-17-18)6-8-16-14(19)12-4-2-11(10-15)3-5-12/h2-5,7,9H,6,8,10,15H2,1H3,(H,16,19). The molecule has 19 heavy (non-hydrogen) atoms. The minimum Gasteiger partial charge on any atom is -0.352 e. The van der Waals surface area contributed by atoms with Crippen LogP contribution in [0.3, 0.4) is 0 Å². The highest BCUT2D eigenvalue weighted by Crippen LogP contribution is 2.04. The molecule has 0 fully saturated rings. The quantitative estimate of drug-likeness (QED) is 0.835. The number of nitrogens with zero attached hydrogens (tertiary/aromatic N) is 2. The minimum atomic E-state index is -0.0641. The molecule has 1 aromatic heterocycles. The Labute approximate surface area is 112 Å². The molecular formula is C14H18N4O. The summed E-state index contributed by atoms with van der Waals surface area (Å²) in [7, 11) is 1.89. The summed E-state index contributed by atoms with van der Waals surface area (Å²) in [6.45, 7) is 1.08. The van der Waals surface area contributed by atoms with Crippen LogP contribution in [0.25, 0.3) is 0 Å². The van der Waals surface area contributed by atoms with E-state index < -0.39 is 0 Å². The molecule has 0 spiro atoms. The maximum Gasteiger partial charge on any atom is 0.251 e. The first kappa shape index (κ1) is 13.3. The van der Waals surface area contributed by atoms with Gasteiger partial charge in [0.15, 0.2) is 0 Å². The van der Waals surface area contributed by atoms with Gasteiger partial charge in [0, 0.05) is 44.0 Å². The van der Waals surface area contributed by atoms with E-state index in [0.717, 1.165) is 17.7 Å². The van der Waals surface area contributed by atoms with Crippen LogP contribution in [0.1, 0.15) is 21.6 Å². The summed E-state index contributed by atoms with van der Waals surface area (Å²) in [5.41, 5.74) is 8.29. The lowest BCUT2D eigenvalue weighted by Gasteiger charge is -2.06. The SMILES string of the molecule is Cn1nccc1CCNC(=O)c1ccc(CN)cc1. The number of nitrogens with two attached hydrogens (primary N) is 1. The van der Waals surface area contributed by atoms with E-state index in [0.29, 0.717) is 18.7 Å². The molecule has 0 aliphatic rings. The summed E-state index contributed by atoms with van der Waals surface area (Å²) in [4.78, 5) is 11.9. The molecule has 0 aliphatic heterocycles. The van der Waals surface area contributed by atoms with Gasteiger partial charge >= 0.3 is 0 Å². The molecule has 0 saturated heterocycles. The number of rotatable bonds is 5. The van der Waals surface area contributed by atoms with E-state index in [2.05, 4.69) is 10.4 Å². The van der Waals surface area contributed by atoms with Crippen LogP contribution < -0.4 is 11.1 Å². The highest BCUT2D eigenvalue weighted by molar-refractivity contribution is 5.94. The summed E-state index contributed by atoms with van der Waals surface area (Å²) in [6.07, 6.45) is 2.52. The normalized spacial score (nSPS) is 10.4. The van der Waals surface area contributed by atoms with Crippen molar-refractivity contribution < 1.29 is 4.79 Å². The maximum atomic E-state index is 11.9. The second kappa shape index (κ2) is 6.15. The van der Waals surface area contributed by atoms with Crippen LogP contribution in [-0.4, -0.2) is 22.2 Å². The van der Waals surface area contributed by atoms with Crippen molar-refractivity contribution >= 4 is 5.91 Å². The molecule has 1 aromatic carbocycles. The molecule has 2 aromatic rings. The van der Waals surface area contributed by atoms with Crippen molar-refractivity contribution in [1.82, 2.24) is 15.1 Å². The average Bonchev–Trinajstić information content (AvgIpc) is 2.84. The Morgan fingerprint density at radius 2 is 2.05 bits per heavy atom. The Hall–Kier alpha value is -2.14. The van der Waals surface area contributed by atoms with E-state index in [1.165, 1.54) is 0 Å². The van der Waals surface area contributed by atoms with Crippen molar-refractivity contribution in [3.63, 3.8) is 0 Å². The predicted molar refractivity (Wildman–Crippen MR) is 73.6 cm³/mol. The molecule has 1 heterocycles. The predicted octanol–water partition coefficient (Wildman–Crippen LogP) is 0.851. The Balaban J connectivity index is 1.85. The van der Waals surface area contributed by atoms with E-state index in [-0.39, 0.29) is 5.91 Å². The summed E-state index contributed by atoms with van der Waals surface area (Å²) in [5.74, 6) is -0.0641. The Bertz CT molecular complexity index is 545. The van der Waals surface area contributed by atoms with Gasteiger partial charge in [-0.15, -0.1) is 0 Å². The molecule has 0 aliphatic carbocycles. The molecule has 100 valence electrons. The summed E-state index contributed by atoms with van der Waals surface area (Å²) in [6, 6.07) is 9.28. The summed E-state index contributed by atoms with van der Waals surface area (Å²) >= 11 is 0. The van der Waals surface area contributed by atoms with Gasteiger partial charge in [0.2, 0.25) is 0 Å². The zero-order valence-electron chi connectivity index (χ0n) is 11.0. The molecule has 0 radical (unpaired) electrons. The topological polar surface area (TPSA) is 72.9 Å². The zero-order chi connectivity index (χ0) is 13.7. The minimum absolute atomic E-state index is 0.0641. The number of aromatic nitrogens is 2. The van der Waals surface area contributed by atoms with Gasteiger partial charge in [0.25, 0.3) is 5.91 Å². The van der Waals surface area contributed by atoms with E-state index in [1.807, 2.05) is 29.9 Å². The van der Waals surface area contributed by atoms with Gasteiger partial charge in [-0.3, -0.25) is 9.48 Å². The van der Waals surface area contributed by atoms with E-state index in [4.69, 9.17) is 5.73 Å². The first-order chi connectivity index (χ1) is 9.20. The van der Waals surface area contributed by atoms with Crippen molar-refractivity contribution in [3.8, 4) is 0 Å². The van der Waals surface area contributed by atoms with E-state index in [9.17, 15) is 4.79 Å². The lowest BCUT2D eigenvalue weighted by molar-refractivity contribution is 0.0954. The molecule has 1 amide bonds. The van der Waals surface area contributed by atoms with Gasteiger partial charge in [-0.25, -0.2) is 0 Å². The molecule has 0 bridgehead atoms. The number of amides is 1. The van der Waals surface area contributed by atoms with Crippen molar-refractivity contribution in [2.75, 3.05) is 6.54 Å². The Morgan fingerprint density at radius 1 is 1.32 bits per heavy atom. The molecule has 0 saturated carbocycles. The van der Waals surface area contributed by atoms with Crippen LogP contribution in [0.2, 0.25) is 0 Å². The second-order valence-corrected chi connectivity index (χ2v) is 4.35. The third-order valence-electron chi connectivity index (χ3n) is 3.04. The number of aryl methyl sites for hydroxylation is 1. The summed E-state index contributed by atoms with van der Waals surface area (Å²) in [5, 5.41) is 6.97. The molecule has 5 heteroatoms. The van der Waals surface area contributed by atoms with Crippen molar-refractivity contribution in [2.24, 2.45) is 12.8 Å². The number of carbonyl (C=O) groups is 1. The second-order valence-electron chi connectivity index (χ2n) is 4.35. The number of nitrogens with one attached hydrogen (secondary N) is 1. The lowest BCUT2D eigenvalue weighted by atomic mass is 10.1. The molecule has 2 rings (SSSR count). The number of hydrogen-bond donors (Lipinski definition) is 2. The Kier molecular flexibility index (Phi) is 4.30. The van der Waals surface area contributed by atoms with Gasteiger partial charge in [-0.2, -0.15) is 5.10 Å². The third-order valence-corrected chi connectivity index (χ3v) is 3.04. The molecule has 0 atom stereocenters. The van der Waals surface area contributed by atoms with Crippen LogP contribution in [0.5, 0.6) is 0 Å². The number of benzene rings is 1. The average molecular weight is 258 g/mol. The number of hydrogen-bond acceptors (Lipinski definition) is 3. The van der Waals surface area contributed by atoms with Crippen molar-refractivity contribution in [3.05, 3.63) is 53.3 Å². The molecular weight excluding hydrogens is 240 g/mol. The van der Waals surface area contributed by atoms with Crippen LogP contribution in [-0.2, 0) is 20.0 Å². The number of carbonyl (C=O) groups excluding carboxylic acids is 1. The highest BCUT2D eigenvalue weighted by Gasteiger charge is 2.05. The largest absolute Gasteiger partial charge is 0.352 e. The van der Waals surface area contributed by atoms with Crippen molar-refractivity contribution in [1.29, 1.82) is 0 Å². The fourth-order valence-electron chi connectivity index (χ4n) is 1.84. The van der Waals surface area contributed by atoms with Crippen molar-refractivity contribution in [2.45, 2.75) is 13.0 Å². The monoisotopic (exact) mass is 258 g/mol. The zero-order valence-corrected chi connectivity index (χ0v) is 11.0. The summed E-state index contributed by atoms with van der Waals surface area (Å²) < 4.78 is 1.81. The molecule has 3 N–H and O–H groups in total. The first-order valence-electron chi connectivity index (χ1n) is 6.25. The van der Waals surface area contributed by atoms with Crippen LogP contribution in [0, 0.1) is 0 Å². The van der Waals surface area contributed by atoms with Crippen LogP contribution in [0.15, 0.2) is 36.5 Å². The highest BCUT2D eigenvalue weighted by atomic mass is 16.1. The van der Waals surface area contributed by atoms with Crippen LogP contribution >= 0.6 is 0 Å². The van der Waals surface area contributed by atoms with Gasteiger partial charge in [-0.05, 0) is 23.8 Å². The fourth-order valence-corrected chi connectivity index (χ4v) is 1.84. The van der Waals surface area contributed by atoms with E-state index >= 15 is 0 Å². The van der Waals surface area contributed by atoms with Gasteiger partial charge in [0.05, 0.1) is 0 Å².